The molecule has 2 amide bonds. The Morgan fingerprint density at radius 1 is 1.13 bits per heavy atom. The van der Waals surface area contributed by atoms with Gasteiger partial charge in [0, 0.05) is 38.3 Å². The van der Waals surface area contributed by atoms with E-state index in [1.165, 1.54) is 31.7 Å². The lowest BCUT2D eigenvalue weighted by Crippen LogP contribution is -2.52. The van der Waals surface area contributed by atoms with E-state index < -0.39 is 4.92 Å². The second-order valence-corrected chi connectivity index (χ2v) is 6.17. The van der Waals surface area contributed by atoms with E-state index in [4.69, 9.17) is 0 Å². The first-order chi connectivity index (χ1) is 11.1. The van der Waals surface area contributed by atoms with Crippen LogP contribution >= 0.6 is 0 Å². The Bertz CT molecular complexity index is 578. The van der Waals surface area contributed by atoms with E-state index in [0.717, 1.165) is 13.1 Å². The zero-order valence-corrected chi connectivity index (χ0v) is 13.1. The molecule has 1 aromatic carbocycles. The molecule has 0 aromatic heterocycles. The smallest absolute Gasteiger partial charge is 0.322 e. The number of nitrogens with zero attached hydrogens (tertiary/aromatic N) is 3. The molecule has 0 unspecified atom stereocenters. The van der Waals surface area contributed by atoms with Crippen molar-refractivity contribution in [1.82, 2.24) is 9.80 Å². The number of anilines is 1. The monoisotopic (exact) mass is 318 g/mol. The SMILES string of the molecule is O=C(Nc1ccccc1[N+](=O)[O-])N1CCN(C2CCCC2)CC1. The number of piperazine rings is 1. The van der Waals surface area contributed by atoms with Gasteiger partial charge in [0.05, 0.1) is 4.92 Å². The quantitative estimate of drug-likeness (QED) is 0.686. The van der Waals surface area contributed by atoms with Crippen LogP contribution in [0.4, 0.5) is 16.2 Å². The second-order valence-electron chi connectivity index (χ2n) is 6.17. The van der Waals surface area contributed by atoms with E-state index >= 15 is 0 Å². The van der Waals surface area contributed by atoms with Gasteiger partial charge in [-0.1, -0.05) is 25.0 Å². The van der Waals surface area contributed by atoms with Gasteiger partial charge in [0.1, 0.15) is 5.69 Å². The summed E-state index contributed by atoms with van der Waals surface area (Å²) in [6, 6.07) is 6.65. The number of para-hydroxylation sites is 2. The lowest BCUT2D eigenvalue weighted by atomic mass is 10.2. The molecule has 1 aliphatic carbocycles. The standard InChI is InChI=1S/C16H22N4O3/c21-16(17-14-7-3-4-8-15(14)20(22)23)19-11-9-18(10-12-19)13-5-1-2-6-13/h3-4,7-8,13H,1-2,5-6,9-12H2,(H,17,21). The number of benzene rings is 1. The highest BCUT2D eigenvalue weighted by Gasteiger charge is 2.28. The van der Waals surface area contributed by atoms with Crippen molar-refractivity contribution in [3.63, 3.8) is 0 Å². The minimum atomic E-state index is -0.479. The van der Waals surface area contributed by atoms with Crippen LogP contribution < -0.4 is 5.32 Å². The van der Waals surface area contributed by atoms with Crippen LogP contribution in [-0.2, 0) is 0 Å². The van der Waals surface area contributed by atoms with E-state index in [0.29, 0.717) is 19.1 Å². The molecule has 1 heterocycles. The molecule has 23 heavy (non-hydrogen) atoms. The third-order valence-corrected chi connectivity index (χ3v) is 4.78. The van der Waals surface area contributed by atoms with Crippen molar-refractivity contribution in [3.05, 3.63) is 34.4 Å². The Morgan fingerprint density at radius 3 is 2.43 bits per heavy atom. The largest absolute Gasteiger partial charge is 0.322 e. The summed E-state index contributed by atoms with van der Waals surface area (Å²) in [6.45, 7) is 3.11. The van der Waals surface area contributed by atoms with Crippen LogP contribution in [0.5, 0.6) is 0 Å². The Morgan fingerprint density at radius 2 is 1.78 bits per heavy atom. The fourth-order valence-electron chi connectivity index (χ4n) is 3.49. The predicted molar refractivity (Wildman–Crippen MR) is 87.5 cm³/mol. The third kappa shape index (κ3) is 3.61. The van der Waals surface area contributed by atoms with E-state index in [1.807, 2.05) is 0 Å². The summed E-state index contributed by atoms with van der Waals surface area (Å²) in [5.74, 6) is 0. The van der Waals surface area contributed by atoms with Crippen LogP contribution in [0.1, 0.15) is 25.7 Å². The molecule has 1 aromatic rings. The number of hydrogen-bond donors (Lipinski definition) is 1. The number of rotatable bonds is 3. The first-order valence-electron chi connectivity index (χ1n) is 8.18. The van der Waals surface area contributed by atoms with E-state index in [1.54, 1.807) is 23.1 Å². The van der Waals surface area contributed by atoms with Crippen LogP contribution in [-0.4, -0.2) is 53.0 Å². The zero-order chi connectivity index (χ0) is 16.2. The molecule has 7 nitrogen and oxygen atoms in total. The summed E-state index contributed by atoms with van der Waals surface area (Å²) in [4.78, 5) is 27.1. The van der Waals surface area contributed by atoms with Crippen molar-refractivity contribution in [2.45, 2.75) is 31.7 Å². The van der Waals surface area contributed by atoms with Crippen molar-refractivity contribution in [3.8, 4) is 0 Å². The highest BCUT2D eigenvalue weighted by atomic mass is 16.6. The number of nitro benzene ring substituents is 1. The molecule has 7 heteroatoms. The van der Waals surface area contributed by atoms with Crippen molar-refractivity contribution in [1.29, 1.82) is 0 Å². The Balaban J connectivity index is 1.56. The molecule has 0 bridgehead atoms. The van der Waals surface area contributed by atoms with Crippen LogP contribution in [0.25, 0.3) is 0 Å². The molecule has 1 N–H and O–H groups in total. The lowest BCUT2D eigenvalue weighted by Gasteiger charge is -2.37. The van der Waals surface area contributed by atoms with Crippen molar-refractivity contribution < 1.29 is 9.72 Å². The first kappa shape index (κ1) is 15.7. The van der Waals surface area contributed by atoms with Gasteiger partial charge in [0.15, 0.2) is 0 Å². The van der Waals surface area contributed by atoms with Crippen molar-refractivity contribution in [2.24, 2.45) is 0 Å². The molecule has 0 atom stereocenters. The zero-order valence-electron chi connectivity index (χ0n) is 13.1. The summed E-state index contributed by atoms with van der Waals surface area (Å²) in [5.41, 5.74) is 0.172. The topological polar surface area (TPSA) is 78.7 Å². The minimum absolute atomic E-state index is 0.0783. The molecular weight excluding hydrogens is 296 g/mol. The number of urea groups is 1. The molecule has 1 saturated heterocycles. The molecule has 0 radical (unpaired) electrons. The number of carbonyl (C=O) groups is 1. The number of hydrogen-bond acceptors (Lipinski definition) is 4. The van der Waals surface area contributed by atoms with Gasteiger partial charge in [-0.2, -0.15) is 0 Å². The highest BCUT2D eigenvalue weighted by molar-refractivity contribution is 5.91. The average Bonchev–Trinajstić information content (AvgIpc) is 3.10. The number of carbonyl (C=O) groups excluding carboxylic acids is 1. The van der Waals surface area contributed by atoms with Gasteiger partial charge >= 0.3 is 6.03 Å². The van der Waals surface area contributed by atoms with Gasteiger partial charge < -0.3 is 10.2 Å². The predicted octanol–water partition coefficient (Wildman–Crippen LogP) is 2.69. The molecule has 2 aliphatic rings. The summed E-state index contributed by atoms with van der Waals surface area (Å²) in [5, 5.41) is 13.7. The van der Waals surface area contributed by atoms with Crippen LogP contribution in [0.3, 0.4) is 0 Å². The average molecular weight is 318 g/mol. The van der Waals surface area contributed by atoms with Crippen LogP contribution in [0.2, 0.25) is 0 Å². The number of nitro groups is 1. The van der Waals surface area contributed by atoms with Gasteiger partial charge in [0.2, 0.25) is 0 Å². The molecule has 0 spiro atoms. The minimum Gasteiger partial charge on any atom is -0.322 e. The highest BCUT2D eigenvalue weighted by Crippen LogP contribution is 2.25. The maximum Gasteiger partial charge on any atom is 0.322 e. The van der Waals surface area contributed by atoms with E-state index in [2.05, 4.69) is 10.2 Å². The molecule has 124 valence electrons. The molecule has 2 fully saturated rings. The summed E-state index contributed by atoms with van der Waals surface area (Å²) < 4.78 is 0. The van der Waals surface area contributed by atoms with Crippen molar-refractivity contribution >= 4 is 17.4 Å². The fourth-order valence-corrected chi connectivity index (χ4v) is 3.49. The first-order valence-corrected chi connectivity index (χ1v) is 8.18. The Labute approximate surface area is 135 Å². The fraction of sp³-hybridized carbons (Fsp3) is 0.562. The third-order valence-electron chi connectivity index (χ3n) is 4.78. The number of nitrogens with one attached hydrogen (secondary N) is 1. The van der Waals surface area contributed by atoms with E-state index in [-0.39, 0.29) is 17.4 Å². The van der Waals surface area contributed by atoms with Gasteiger partial charge in [0.25, 0.3) is 5.69 Å². The van der Waals surface area contributed by atoms with Gasteiger partial charge in [-0.05, 0) is 18.9 Å². The van der Waals surface area contributed by atoms with Gasteiger partial charge in [-0.3, -0.25) is 15.0 Å². The lowest BCUT2D eigenvalue weighted by molar-refractivity contribution is -0.383. The Hall–Kier alpha value is -2.15. The molecule has 3 rings (SSSR count). The van der Waals surface area contributed by atoms with Gasteiger partial charge in [-0.25, -0.2) is 4.79 Å². The molecule has 1 aliphatic heterocycles. The number of amides is 2. The van der Waals surface area contributed by atoms with Crippen molar-refractivity contribution in [2.75, 3.05) is 31.5 Å². The second kappa shape index (κ2) is 6.95. The maximum absolute atomic E-state index is 12.3. The Kier molecular flexibility index (Phi) is 4.76. The molecular formula is C16H22N4O3. The van der Waals surface area contributed by atoms with E-state index in [9.17, 15) is 14.9 Å². The van der Waals surface area contributed by atoms with Gasteiger partial charge in [-0.15, -0.1) is 0 Å². The van der Waals surface area contributed by atoms with Crippen LogP contribution in [0, 0.1) is 10.1 Å². The normalized spacial score (nSPS) is 19.7. The summed E-state index contributed by atoms with van der Waals surface area (Å²) in [7, 11) is 0. The summed E-state index contributed by atoms with van der Waals surface area (Å²) >= 11 is 0. The molecule has 1 saturated carbocycles. The maximum atomic E-state index is 12.3. The van der Waals surface area contributed by atoms with Crippen LogP contribution in [0.15, 0.2) is 24.3 Å². The summed E-state index contributed by atoms with van der Waals surface area (Å²) in [6.07, 6.45) is 5.15.